The first-order valence-corrected chi connectivity index (χ1v) is 18.8. The van der Waals surface area contributed by atoms with Gasteiger partial charge in [0.05, 0.1) is 0 Å². The number of hydrogen-bond acceptors (Lipinski definition) is 0. The molecule has 3 saturated carbocycles. The average Bonchev–Trinajstić information content (AvgIpc) is 3.08. The topological polar surface area (TPSA) is 0 Å². The number of halogens is 4. The molecule has 256 valence electrons. The minimum atomic E-state index is -0.795. The lowest BCUT2D eigenvalue weighted by Crippen LogP contribution is -2.23. The quantitative estimate of drug-likeness (QED) is 0.143. The van der Waals surface area contributed by atoms with E-state index in [1.54, 1.807) is 18.2 Å². The van der Waals surface area contributed by atoms with Crippen LogP contribution in [0.3, 0.4) is 0 Å². The van der Waals surface area contributed by atoms with Gasteiger partial charge in [-0.2, -0.15) is 0 Å². The van der Waals surface area contributed by atoms with Gasteiger partial charge in [0.1, 0.15) is 0 Å². The van der Waals surface area contributed by atoms with E-state index in [9.17, 15) is 17.6 Å². The Hall–Kier alpha value is -2.62. The van der Waals surface area contributed by atoms with Gasteiger partial charge in [0, 0.05) is 5.56 Å². The van der Waals surface area contributed by atoms with E-state index in [2.05, 4.69) is 19.1 Å². The molecule has 3 aliphatic rings. The number of aryl methyl sites for hydroxylation is 1. The Morgan fingerprint density at radius 1 is 0.617 bits per heavy atom. The lowest BCUT2D eigenvalue weighted by atomic mass is 9.70. The first kappa shape index (κ1) is 35.7. The van der Waals surface area contributed by atoms with Gasteiger partial charge in [0.25, 0.3) is 0 Å². The Morgan fingerprint density at radius 2 is 1.28 bits per heavy atom. The van der Waals surface area contributed by atoms with Crippen molar-refractivity contribution in [2.75, 3.05) is 0 Å². The fourth-order valence-electron chi connectivity index (χ4n) is 8.45. The number of benzene rings is 3. The van der Waals surface area contributed by atoms with E-state index in [0.29, 0.717) is 29.4 Å². The van der Waals surface area contributed by atoms with Crippen LogP contribution in [0, 0.1) is 53.9 Å². The molecule has 0 spiro atoms. The first-order chi connectivity index (χ1) is 22.8. The molecule has 0 aliphatic heterocycles. The number of hydrogen-bond donors (Lipinski definition) is 0. The van der Waals surface area contributed by atoms with Crippen molar-refractivity contribution in [2.45, 2.75) is 135 Å². The van der Waals surface area contributed by atoms with Crippen molar-refractivity contribution in [3.63, 3.8) is 0 Å². The smallest absolute Gasteiger partial charge is 0.166 e. The van der Waals surface area contributed by atoms with Crippen LogP contribution in [0.2, 0.25) is 0 Å². The maximum Gasteiger partial charge on any atom is 0.166 e. The van der Waals surface area contributed by atoms with Crippen molar-refractivity contribution in [2.24, 2.45) is 23.7 Å². The van der Waals surface area contributed by atoms with E-state index in [4.69, 9.17) is 0 Å². The lowest BCUT2D eigenvalue weighted by Gasteiger charge is -2.36. The van der Waals surface area contributed by atoms with Gasteiger partial charge in [-0.1, -0.05) is 133 Å². The van der Waals surface area contributed by atoms with Gasteiger partial charge in [-0.25, -0.2) is 17.6 Å². The molecule has 3 fully saturated rings. The molecule has 0 nitrogen and oxygen atoms in total. The molecule has 1 unspecified atom stereocenters. The van der Waals surface area contributed by atoms with Crippen LogP contribution < -0.4 is 0 Å². The van der Waals surface area contributed by atoms with E-state index >= 15 is 0 Å². The summed E-state index contributed by atoms with van der Waals surface area (Å²) < 4.78 is 54.6. The van der Waals surface area contributed by atoms with Crippen molar-refractivity contribution >= 4 is 0 Å². The van der Waals surface area contributed by atoms with E-state index < -0.39 is 23.3 Å². The molecule has 0 N–H and O–H groups in total. The Balaban J connectivity index is 0.000000185. The lowest BCUT2D eigenvalue weighted by molar-refractivity contribution is 0.163. The third-order valence-electron chi connectivity index (χ3n) is 11.9. The Kier molecular flexibility index (Phi) is 13.4. The van der Waals surface area contributed by atoms with Gasteiger partial charge < -0.3 is 0 Å². The molecular formula is C43H56F4. The van der Waals surface area contributed by atoms with Crippen molar-refractivity contribution in [1.82, 2.24) is 0 Å². The first-order valence-electron chi connectivity index (χ1n) is 18.8. The molecule has 0 heterocycles. The molecule has 4 heteroatoms. The molecule has 3 aromatic rings. The third kappa shape index (κ3) is 9.96. The van der Waals surface area contributed by atoms with E-state index in [-0.39, 0.29) is 0 Å². The van der Waals surface area contributed by atoms with E-state index in [1.165, 1.54) is 114 Å². The van der Waals surface area contributed by atoms with Crippen LogP contribution in [-0.4, -0.2) is 0 Å². The summed E-state index contributed by atoms with van der Waals surface area (Å²) in [5.41, 5.74) is 3.82. The molecule has 0 radical (unpaired) electrons. The highest BCUT2D eigenvalue weighted by Crippen LogP contribution is 2.41. The normalized spacial score (nSPS) is 21.1. The van der Waals surface area contributed by atoms with Gasteiger partial charge in [-0.05, 0) is 103 Å². The zero-order valence-corrected chi connectivity index (χ0v) is 28.8. The molecule has 3 aliphatic carbocycles. The summed E-state index contributed by atoms with van der Waals surface area (Å²) in [7, 11) is 0. The zero-order valence-electron chi connectivity index (χ0n) is 28.8. The van der Waals surface area contributed by atoms with Crippen molar-refractivity contribution in [3.05, 3.63) is 94.6 Å². The summed E-state index contributed by atoms with van der Waals surface area (Å²) in [6.45, 7) is 4.14. The molecule has 0 bridgehead atoms. The molecule has 6 rings (SSSR count). The Labute approximate surface area is 281 Å². The van der Waals surface area contributed by atoms with Crippen molar-refractivity contribution in [3.8, 4) is 11.1 Å². The largest absolute Gasteiger partial charge is 0.204 e. The van der Waals surface area contributed by atoms with Crippen LogP contribution >= 0.6 is 0 Å². The minimum absolute atomic E-state index is 0.328. The molecule has 0 aromatic heterocycles. The molecule has 0 amide bonds. The van der Waals surface area contributed by atoms with Gasteiger partial charge in [0.15, 0.2) is 23.3 Å². The summed E-state index contributed by atoms with van der Waals surface area (Å²) in [5.74, 6) is 1.25. The van der Waals surface area contributed by atoms with Crippen LogP contribution in [0.1, 0.15) is 139 Å². The highest BCUT2D eigenvalue weighted by atomic mass is 19.2. The van der Waals surface area contributed by atoms with Crippen LogP contribution in [-0.2, 0) is 6.42 Å². The zero-order chi connectivity index (χ0) is 33.2. The second-order valence-electron chi connectivity index (χ2n) is 15.1. The van der Waals surface area contributed by atoms with Crippen LogP contribution in [0.4, 0.5) is 17.6 Å². The fraction of sp³-hybridized carbons (Fsp3) is 0.581. The minimum Gasteiger partial charge on any atom is -0.204 e. The molecule has 0 saturated heterocycles. The predicted molar refractivity (Wildman–Crippen MR) is 187 cm³/mol. The standard InChI is InChI=1S/C22H26F2.C21H30F2/c1-16(6-2-3-7-17-8-4-9-17)18-12-14-19(15-13-18)20-10-5-11-21(23)22(20)24;1-15-7-14-20(22)21(23)19(15)13-10-16-8-11-18(12-9-16)17-5-3-2-4-6-17/h5,10-17H,2-4,6-9H2,1H3;7,14,16-18H,2-6,8-13H2,1H3. The van der Waals surface area contributed by atoms with Crippen molar-refractivity contribution < 1.29 is 17.6 Å². The Morgan fingerprint density at radius 3 is 1.96 bits per heavy atom. The fourth-order valence-corrected chi connectivity index (χ4v) is 8.45. The molecular weight excluding hydrogens is 592 g/mol. The maximum atomic E-state index is 13.9. The monoisotopic (exact) mass is 648 g/mol. The van der Waals surface area contributed by atoms with Gasteiger partial charge in [-0.3, -0.25) is 0 Å². The molecule has 47 heavy (non-hydrogen) atoms. The molecule has 1 atom stereocenters. The summed E-state index contributed by atoms with van der Waals surface area (Å²) in [6.07, 6.45) is 23.7. The van der Waals surface area contributed by atoms with Crippen LogP contribution in [0.5, 0.6) is 0 Å². The van der Waals surface area contributed by atoms with Crippen LogP contribution in [0.15, 0.2) is 54.6 Å². The van der Waals surface area contributed by atoms with Crippen LogP contribution in [0.25, 0.3) is 11.1 Å². The number of rotatable bonds is 11. The van der Waals surface area contributed by atoms with E-state index in [0.717, 1.165) is 41.4 Å². The second-order valence-corrected chi connectivity index (χ2v) is 15.1. The average molecular weight is 649 g/mol. The summed E-state index contributed by atoms with van der Waals surface area (Å²) in [4.78, 5) is 0. The van der Waals surface area contributed by atoms with Gasteiger partial charge >= 0.3 is 0 Å². The van der Waals surface area contributed by atoms with E-state index in [1.807, 2.05) is 19.1 Å². The highest BCUT2D eigenvalue weighted by Gasteiger charge is 2.28. The second kappa shape index (κ2) is 17.7. The maximum absolute atomic E-state index is 13.9. The SMILES string of the molecule is CC(CCCCC1CCC1)c1ccc(-c2cccc(F)c2F)cc1.Cc1ccc(F)c(F)c1CCC1CCC(C2CCCCC2)CC1. The summed E-state index contributed by atoms with van der Waals surface area (Å²) >= 11 is 0. The summed E-state index contributed by atoms with van der Waals surface area (Å²) in [6, 6.07) is 15.2. The van der Waals surface area contributed by atoms with Gasteiger partial charge in [0.2, 0.25) is 0 Å². The van der Waals surface area contributed by atoms with Crippen molar-refractivity contribution in [1.29, 1.82) is 0 Å². The molecule has 3 aromatic carbocycles. The highest BCUT2D eigenvalue weighted by molar-refractivity contribution is 5.64. The number of unbranched alkanes of at least 4 members (excludes halogenated alkanes) is 1. The Bertz CT molecular complexity index is 1380. The predicted octanol–water partition coefficient (Wildman–Crippen LogP) is 13.7. The summed E-state index contributed by atoms with van der Waals surface area (Å²) in [5, 5.41) is 0. The third-order valence-corrected chi connectivity index (χ3v) is 11.9. The van der Waals surface area contributed by atoms with Gasteiger partial charge in [-0.15, -0.1) is 0 Å².